The van der Waals surface area contributed by atoms with Gasteiger partial charge in [0.05, 0.1) is 33.5 Å². The van der Waals surface area contributed by atoms with Crippen molar-refractivity contribution in [1.82, 2.24) is 4.57 Å². The summed E-state index contributed by atoms with van der Waals surface area (Å²) in [6.45, 7) is 2.09. The Balaban J connectivity index is 1.25. The summed E-state index contributed by atoms with van der Waals surface area (Å²) in [5.74, 6) is -0.663. The molecule has 0 fully saturated rings. The smallest absolute Gasteiger partial charge is 0.268 e. The van der Waals surface area contributed by atoms with Crippen molar-refractivity contribution < 1.29 is 9.59 Å². The third kappa shape index (κ3) is 4.61. The summed E-state index contributed by atoms with van der Waals surface area (Å²) in [5, 5.41) is 2.17. The van der Waals surface area contributed by atoms with Gasteiger partial charge in [0.1, 0.15) is 0 Å². The van der Waals surface area contributed by atoms with Gasteiger partial charge in [0.2, 0.25) is 0 Å². The van der Waals surface area contributed by atoms with Crippen LogP contribution in [-0.4, -0.2) is 16.4 Å². The minimum atomic E-state index is -0.335. The Kier molecular flexibility index (Phi) is 6.63. The monoisotopic (exact) mass is 630 g/mol. The molecule has 1 aromatic heterocycles. The van der Waals surface area contributed by atoms with Crippen LogP contribution >= 0.6 is 0 Å². The highest BCUT2D eigenvalue weighted by Crippen LogP contribution is 2.42. The molecule has 0 saturated carbocycles. The molecule has 8 aromatic rings. The molecular formula is C45H30N2O2. The van der Waals surface area contributed by atoms with Crippen molar-refractivity contribution in [2.24, 2.45) is 0 Å². The van der Waals surface area contributed by atoms with E-state index in [0.29, 0.717) is 22.5 Å². The average Bonchev–Trinajstić information content (AvgIpc) is 3.62. The second-order valence-electron chi connectivity index (χ2n) is 12.6. The molecule has 4 heteroatoms. The maximum Gasteiger partial charge on any atom is 0.268 e. The molecule has 2 amide bonds. The molecule has 4 nitrogen and oxygen atoms in total. The number of nitrogens with zero attached hydrogens (tertiary/aromatic N) is 2. The van der Waals surface area contributed by atoms with E-state index in [2.05, 4.69) is 72.2 Å². The molecule has 1 aliphatic heterocycles. The number of carbonyl (C=O) groups is 2. The first-order valence-electron chi connectivity index (χ1n) is 16.4. The number of hydrogen-bond donors (Lipinski definition) is 0. The Hall–Kier alpha value is -6.52. The summed E-state index contributed by atoms with van der Waals surface area (Å²) < 4.78 is 2.15. The number of fused-ring (bicyclic) bond motifs is 4. The molecule has 2 heterocycles. The number of hydrogen-bond acceptors (Lipinski definition) is 2. The van der Waals surface area contributed by atoms with Crippen LogP contribution in [0.15, 0.2) is 164 Å². The third-order valence-corrected chi connectivity index (χ3v) is 9.62. The van der Waals surface area contributed by atoms with Gasteiger partial charge < -0.3 is 4.57 Å². The SMILES string of the molecule is Cc1ccc(-c2ccc3c4ccccc4n(-c4cccc5c4C(=O)N(c4cc(-c6ccccc6)ccc4-c4ccccc4)C5=O)c3c2)cc1. The van der Waals surface area contributed by atoms with E-state index in [-0.39, 0.29) is 11.8 Å². The largest absolute Gasteiger partial charge is 0.308 e. The number of aryl methyl sites for hydroxylation is 1. The summed E-state index contributed by atoms with van der Waals surface area (Å²) in [7, 11) is 0. The second kappa shape index (κ2) is 11.3. The van der Waals surface area contributed by atoms with E-state index >= 15 is 0 Å². The predicted molar refractivity (Wildman–Crippen MR) is 199 cm³/mol. The van der Waals surface area contributed by atoms with Crippen LogP contribution in [-0.2, 0) is 0 Å². The number of rotatable bonds is 5. The van der Waals surface area contributed by atoms with Crippen LogP contribution in [0.2, 0.25) is 0 Å². The summed E-state index contributed by atoms with van der Waals surface area (Å²) >= 11 is 0. The Bertz CT molecular complexity index is 2580. The number of para-hydroxylation sites is 1. The quantitative estimate of drug-likeness (QED) is 0.178. The molecule has 0 saturated heterocycles. The van der Waals surface area contributed by atoms with Crippen molar-refractivity contribution >= 4 is 39.3 Å². The van der Waals surface area contributed by atoms with Crippen LogP contribution in [0.5, 0.6) is 0 Å². The average molecular weight is 631 g/mol. The van der Waals surface area contributed by atoms with Gasteiger partial charge in [-0.05, 0) is 65.1 Å². The van der Waals surface area contributed by atoms with Gasteiger partial charge in [-0.2, -0.15) is 0 Å². The molecule has 0 aliphatic carbocycles. The second-order valence-corrected chi connectivity index (χ2v) is 12.6. The first kappa shape index (κ1) is 28.7. The van der Waals surface area contributed by atoms with Gasteiger partial charge in [-0.3, -0.25) is 9.59 Å². The van der Waals surface area contributed by atoms with E-state index in [9.17, 15) is 9.59 Å². The van der Waals surface area contributed by atoms with Crippen LogP contribution in [0.4, 0.5) is 5.69 Å². The van der Waals surface area contributed by atoms with Gasteiger partial charge in [-0.1, -0.05) is 139 Å². The Morgan fingerprint density at radius 2 is 1.02 bits per heavy atom. The highest BCUT2D eigenvalue weighted by molar-refractivity contribution is 6.36. The molecule has 7 aromatic carbocycles. The topological polar surface area (TPSA) is 42.3 Å². The minimum absolute atomic E-state index is 0.328. The standard InChI is InChI=1S/C45H30N2O2/c1-29-19-21-31(22-20-29)34-24-26-37-36-15-8-9-17-39(36)46(42(37)28-34)40-18-10-16-38-43(40)45(49)47(44(38)48)41-27-33(30-11-4-2-5-12-30)23-25-35(41)32-13-6-3-7-14-32/h2-28H,1H3. The fraction of sp³-hybridized carbons (Fsp3) is 0.0222. The van der Waals surface area contributed by atoms with E-state index in [1.165, 1.54) is 10.5 Å². The number of carbonyl (C=O) groups excluding carboxylic acids is 2. The van der Waals surface area contributed by atoms with Gasteiger partial charge in [-0.25, -0.2) is 4.90 Å². The molecule has 0 atom stereocenters. The molecule has 232 valence electrons. The number of anilines is 1. The molecule has 0 spiro atoms. The number of aromatic nitrogens is 1. The van der Waals surface area contributed by atoms with E-state index in [1.54, 1.807) is 6.07 Å². The highest BCUT2D eigenvalue weighted by Gasteiger charge is 2.40. The summed E-state index contributed by atoms with van der Waals surface area (Å²) in [4.78, 5) is 30.7. The van der Waals surface area contributed by atoms with Crippen molar-refractivity contribution in [2.75, 3.05) is 4.90 Å². The van der Waals surface area contributed by atoms with E-state index in [1.807, 2.05) is 97.1 Å². The Labute approximate surface area is 284 Å². The van der Waals surface area contributed by atoms with Crippen molar-refractivity contribution in [3.05, 3.63) is 180 Å². The van der Waals surface area contributed by atoms with Gasteiger partial charge in [0.15, 0.2) is 0 Å². The van der Waals surface area contributed by atoms with Crippen molar-refractivity contribution in [3.63, 3.8) is 0 Å². The normalized spacial score (nSPS) is 12.6. The van der Waals surface area contributed by atoms with Crippen LogP contribution in [0.3, 0.4) is 0 Å². The molecule has 9 rings (SSSR count). The Morgan fingerprint density at radius 3 is 1.80 bits per heavy atom. The highest BCUT2D eigenvalue weighted by atomic mass is 16.2. The molecule has 0 N–H and O–H groups in total. The zero-order chi connectivity index (χ0) is 33.1. The zero-order valence-electron chi connectivity index (χ0n) is 26.8. The molecule has 0 radical (unpaired) electrons. The van der Waals surface area contributed by atoms with E-state index in [0.717, 1.165) is 55.2 Å². The maximum atomic E-state index is 14.8. The van der Waals surface area contributed by atoms with Crippen LogP contribution in [0.25, 0.3) is 60.9 Å². The van der Waals surface area contributed by atoms with Crippen molar-refractivity contribution in [2.45, 2.75) is 6.92 Å². The first-order chi connectivity index (χ1) is 24.1. The van der Waals surface area contributed by atoms with Crippen LogP contribution in [0, 0.1) is 6.92 Å². The molecule has 1 aliphatic rings. The lowest BCUT2D eigenvalue weighted by molar-refractivity contribution is 0.0926. The maximum absolute atomic E-state index is 14.8. The fourth-order valence-corrected chi connectivity index (χ4v) is 7.22. The van der Waals surface area contributed by atoms with Crippen LogP contribution < -0.4 is 4.90 Å². The summed E-state index contributed by atoms with van der Waals surface area (Å²) in [5.41, 5.74) is 11.1. The van der Waals surface area contributed by atoms with Gasteiger partial charge >= 0.3 is 0 Å². The van der Waals surface area contributed by atoms with Crippen LogP contribution in [0.1, 0.15) is 26.3 Å². The third-order valence-electron chi connectivity index (χ3n) is 9.62. The fourth-order valence-electron chi connectivity index (χ4n) is 7.22. The van der Waals surface area contributed by atoms with Gasteiger partial charge in [-0.15, -0.1) is 0 Å². The Morgan fingerprint density at radius 1 is 0.408 bits per heavy atom. The lowest BCUT2D eigenvalue weighted by Crippen LogP contribution is -2.30. The molecule has 0 unspecified atom stereocenters. The number of amides is 2. The molecule has 49 heavy (non-hydrogen) atoms. The summed E-state index contributed by atoms with van der Waals surface area (Å²) in [6, 6.07) is 54.9. The number of imide groups is 1. The van der Waals surface area contributed by atoms with E-state index in [4.69, 9.17) is 0 Å². The number of benzene rings is 7. The molecule has 0 bridgehead atoms. The van der Waals surface area contributed by atoms with Gasteiger partial charge in [0.25, 0.3) is 11.8 Å². The zero-order valence-corrected chi connectivity index (χ0v) is 26.8. The molecular weight excluding hydrogens is 601 g/mol. The first-order valence-corrected chi connectivity index (χ1v) is 16.4. The predicted octanol–water partition coefficient (Wildman–Crippen LogP) is 10.9. The summed E-state index contributed by atoms with van der Waals surface area (Å²) in [6.07, 6.45) is 0. The lowest BCUT2D eigenvalue weighted by Gasteiger charge is -2.20. The minimum Gasteiger partial charge on any atom is -0.308 e. The van der Waals surface area contributed by atoms with Crippen molar-refractivity contribution in [3.8, 4) is 39.1 Å². The van der Waals surface area contributed by atoms with Crippen molar-refractivity contribution in [1.29, 1.82) is 0 Å². The van der Waals surface area contributed by atoms with Gasteiger partial charge in [0, 0.05) is 16.3 Å². The van der Waals surface area contributed by atoms with E-state index < -0.39 is 0 Å². The lowest BCUT2D eigenvalue weighted by atomic mass is 9.97.